The largest absolute Gasteiger partial charge is 0.337 e. The van der Waals surface area contributed by atoms with Gasteiger partial charge in [-0.1, -0.05) is 0 Å². The molecule has 3 heterocycles. The summed E-state index contributed by atoms with van der Waals surface area (Å²) < 4.78 is 1.46. The summed E-state index contributed by atoms with van der Waals surface area (Å²) in [4.78, 5) is 27.0. The first-order chi connectivity index (χ1) is 10.5. The highest BCUT2D eigenvalue weighted by atomic mass is 16.6. The molecule has 8 nitrogen and oxygen atoms in total. The summed E-state index contributed by atoms with van der Waals surface area (Å²) >= 11 is 0. The van der Waals surface area contributed by atoms with Crippen LogP contribution in [0, 0.1) is 10.1 Å². The predicted octanol–water partition coefficient (Wildman–Crippen LogP) is 0.876. The molecule has 2 aliphatic rings. The Morgan fingerprint density at radius 3 is 3.05 bits per heavy atom. The van der Waals surface area contributed by atoms with Crippen molar-refractivity contribution in [3.63, 3.8) is 0 Å². The monoisotopic (exact) mass is 307 g/mol. The number of nitro groups is 1. The lowest BCUT2D eigenvalue weighted by Gasteiger charge is -2.42. The van der Waals surface area contributed by atoms with E-state index in [1.165, 1.54) is 29.9 Å². The number of fused-ring (bicyclic) bond motifs is 1. The summed E-state index contributed by atoms with van der Waals surface area (Å²) in [6, 6.07) is 0.736. The minimum Gasteiger partial charge on any atom is -0.337 e. The summed E-state index contributed by atoms with van der Waals surface area (Å²) in [5, 5.41) is 14.5. The van der Waals surface area contributed by atoms with Gasteiger partial charge in [0.25, 0.3) is 0 Å². The Hall–Kier alpha value is -1.96. The number of hydrogen-bond acceptors (Lipinski definition) is 5. The molecule has 2 aliphatic heterocycles. The summed E-state index contributed by atoms with van der Waals surface area (Å²) in [6.45, 7) is 5.37. The molecule has 2 saturated heterocycles. The van der Waals surface area contributed by atoms with Gasteiger partial charge in [-0.05, 0) is 26.3 Å². The van der Waals surface area contributed by atoms with Crippen molar-refractivity contribution < 1.29 is 9.72 Å². The van der Waals surface area contributed by atoms with Crippen molar-refractivity contribution in [1.82, 2.24) is 19.6 Å². The number of amides is 1. The Balaban J connectivity index is 1.55. The van der Waals surface area contributed by atoms with Crippen LogP contribution in [-0.2, 0) is 11.3 Å². The van der Waals surface area contributed by atoms with Crippen LogP contribution in [-0.4, -0.2) is 62.1 Å². The van der Waals surface area contributed by atoms with E-state index in [2.05, 4.69) is 16.9 Å². The second kappa shape index (κ2) is 6.04. The topological polar surface area (TPSA) is 84.5 Å². The Labute approximate surface area is 128 Å². The predicted molar refractivity (Wildman–Crippen MR) is 79.3 cm³/mol. The number of carbonyl (C=O) groups is 1. The highest BCUT2D eigenvalue weighted by Crippen LogP contribution is 2.25. The summed E-state index contributed by atoms with van der Waals surface area (Å²) in [6.07, 6.45) is 5.30. The fourth-order valence-corrected chi connectivity index (χ4v) is 3.46. The zero-order valence-electron chi connectivity index (χ0n) is 12.7. The molecule has 0 spiro atoms. The highest BCUT2D eigenvalue weighted by molar-refractivity contribution is 5.76. The van der Waals surface area contributed by atoms with Crippen LogP contribution in [0.3, 0.4) is 0 Å². The van der Waals surface area contributed by atoms with Crippen LogP contribution in [0.1, 0.15) is 26.2 Å². The second-order valence-corrected chi connectivity index (χ2v) is 6.15. The molecule has 3 rings (SSSR count). The van der Waals surface area contributed by atoms with Crippen LogP contribution in [0.15, 0.2) is 12.4 Å². The molecule has 1 aromatic rings. The summed E-state index contributed by atoms with van der Waals surface area (Å²) in [7, 11) is 0. The van der Waals surface area contributed by atoms with Crippen LogP contribution in [0.2, 0.25) is 0 Å². The molecule has 22 heavy (non-hydrogen) atoms. The molecule has 1 aromatic heterocycles. The maximum Gasteiger partial charge on any atom is 0.306 e. The molecule has 1 amide bonds. The molecule has 8 heteroatoms. The Kier molecular flexibility index (Phi) is 4.10. The van der Waals surface area contributed by atoms with Gasteiger partial charge in [-0.3, -0.25) is 24.5 Å². The first kappa shape index (κ1) is 15.0. The van der Waals surface area contributed by atoms with Gasteiger partial charge < -0.3 is 4.90 Å². The van der Waals surface area contributed by atoms with Crippen molar-refractivity contribution >= 4 is 11.6 Å². The molecule has 0 N–H and O–H groups in total. The summed E-state index contributed by atoms with van der Waals surface area (Å²) in [5.74, 6) is 0.109. The number of aromatic nitrogens is 2. The molecule has 2 atom stereocenters. The first-order valence-corrected chi connectivity index (χ1v) is 7.75. The van der Waals surface area contributed by atoms with Crippen molar-refractivity contribution in [1.29, 1.82) is 0 Å². The number of hydrogen-bond donors (Lipinski definition) is 0. The van der Waals surface area contributed by atoms with Gasteiger partial charge >= 0.3 is 5.69 Å². The van der Waals surface area contributed by atoms with E-state index in [9.17, 15) is 14.9 Å². The smallest absolute Gasteiger partial charge is 0.306 e. The van der Waals surface area contributed by atoms with Gasteiger partial charge in [-0.25, -0.2) is 0 Å². The van der Waals surface area contributed by atoms with Crippen LogP contribution < -0.4 is 0 Å². The molecule has 2 fully saturated rings. The first-order valence-electron chi connectivity index (χ1n) is 7.75. The van der Waals surface area contributed by atoms with Gasteiger partial charge in [0, 0.05) is 38.1 Å². The van der Waals surface area contributed by atoms with Gasteiger partial charge in [0.1, 0.15) is 12.4 Å². The molecule has 120 valence electrons. The van der Waals surface area contributed by atoms with E-state index >= 15 is 0 Å². The number of nitrogens with zero attached hydrogens (tertiary/aromatic N) is 5. The average Bonchev–Trinajstić information content (AvgIpc) is 3.12. The molecule has 0 radical (unpaired) electrons. The summed E-state index contributed by atoms with van der Waals surface area (Å²) in [5.41, 5.74) is -0.0413. The van der Waals surface area contributed by atoms with Crippen LogP contribution in [0.25, 0.3) is 0 Å². The van der Waals surface area contributed by atoms with Crippen LogP contribution in [0.4, 0.5) is 5.69 Å². The van der Waals surface area contributed by atoms with E-state index in [0.29, 0.717) is 19.0 Å². The minimum absolute atomic E-state index is 0.0413. The average molecular weight is 307 g/mol. The van der Waals surface area contributed by atoms with Gasteiger partial charge in [-0.2, -0.15) is 5.10 Å². The lowest BCUT2D eigenvalue weighted by molar-refractivity contribution is -0.385. The number of rotatable bonds is 4. The molecule has 0 bridgehead atoms. The maximum absolute atomic E-state index is 12.4. The third-order valence-electron chi connectivity index (χ3n) is 4.64. The molecular formula is C14H21N5O3. The fourth-order valence-electron chi connectivity index (χ4n) is 3.46. The zero-order valence-corrected chi connectivity index (χ0v) is 12.7. The Morgan fingerprint density at radius 2 is 2.32 bits per heavy atom. The fraction of sp³-hybridized carbons (Fsp3) is 0.714. The molecule has 0 saturated carbocycles. The second-order valence-electron chi connectivity index (χ2n) is 6.15. The zero-order chi connectivity index (χ0) is 15.7. The maximum atomic E-state index is 12.4. The van der Waals surface area contributed by atoms with Crippen molar-refractivity contribution in [3.05, 3.63) is 22.5 Å². The van der Waals surface area contributed by atoms with E-state index in [0.717, 1.165) is 19.6 Å². The van der Waals surface area contributed by atoms with Crippen molar-refractivity contribution in [2.24, 2.45) is 0 Å². The van der Waals surface area contributed by atoms with Crippen LogP contribution in [0.5, 0.6) is 0 Å². The van der Waals surface area contributed by atoms with E-state index in [-0.39, 0.29) is 17.6 Å². The van der Waals surface area contributed by atoms with Crippen molar-refractivity contribution in [3.8, 4) is 0 Å². The standard InChI is InChI=1S/C14H21N5O3/c1-11-8-16-5-2-3-12(16)10-18(11)14(20)4-6-17-9-13(7-15-17)19(21)22/h7,9,11-12H,2-6,8,10H2,1H3/t11-,12-/m0/s1. The molecular weight excluding hydrogens is 286 g/mol. The highest BCUT2D eigenvalue weighted by Gasteiger charge is 2.36. The minimum atomic E-state index is -0.479. The molecule has 0 aliphatic carbocycles. The Bertz CT molecular complexity index is 573. The normalized spacial score (nSPS) is 25.2. The van der Waals surface area contributed by atoms with Gasteiger partial charge in [0.2, 0.25) is 5.91 Å². The third-order valence-corrected chi connectivity index (χ3v) is 4.64. The van der Waals surface area contributed by atoms with Gasteiger partial charge in [0.15, 0.2) is 0 Å². The molecule has 0 unspecified atom stereocenters. The van der Waals surface area contributed by atoms with E-state index in [4.69, 9.17) is 0 Å². The lowest BCUT2D eigenvalue weighted by atomic mass is 10.1. The van der Waals surface area contributed by atoms with Crippen LogP contribution >= 0.6 is 0 Å². The number of aryl methyl sites for hydroxylation is 1. The van der Waals surface area contributed by atoms with Gasteiger partial charge in [-0.15, -0.1) is 0 Å². The SMILES string of the molecule is C[C@H]1CN2CCC[C@H]2CN1C(=O)CCn1cc([N+](=O)[O-])cn1. The third kappa shape index (κ3) is 2.96. The number of carbonyl (C=O) groups excluding carboxylic acids is 1. The van der Waals surface area contributed by atoms with E-state index in [1.54, 1.807) is 0 Å². The Morgan fingerprint density at radius 1 is 1.50 bits per heavy atom. The van der Waals surface area contributed by atoms with Gasteiger partial charge in [0.05, 0.1) is 4.92 Å². The number of piperazine rings is 1. The quantitative estimate of drug-likeness (QED) is 0.609. The van der Waals surface area contributed by atoms with E-state index < -0.39 is 4.92 Å². The van der Waals surface area contributed by atoms with Crippen molar-refractivity contribution in [2.75, 3.05) is 19.6 Å². The lowest BCUT2D eigenvalue weighted by Crippen LogP contribution is -2.56. The van der Waals surface area contributed by atoms with Crippen molar-refractivity contribution in [2.45, 2.75) is 44.8 Å². The molecule has 0 aromatic carbocycles. The van der Waals surface area contributed by atoms with E-state index in [1.807, 2.05) is 4.90 Å².